The van der Waals surface area contributed by atoms with Crippen LogP contribution >= 0.6 is 0 Å². The van der Waals surface area contributed by atoms with Crippen LogP contribution < -0.4 is 5.32 Å². The summed E-state index contributed by atoms with van der Waals surface area (Å²) in [6.07, 6.45) is 1.76. The first-order chi connectivity index (χ1) is 16.9. The van der Waals surface area contributed by atoms with Crippen LogP contribution in [-0.4, -0.2) is 65.9 Å². The number of fused-ring (bicyclic) bond motifs is 3. The summed E-state index contributed by atoms with van der Waals surface area (Å²) in [6, 6.07) is 16.3. The second-order valence-corrected chi connectivity index (χ2v) is 9.83. The van der Waals surface area contributed by atoms with Gasteiger partial charge in [-0.05, 0) is 47.9 Å². The minimum atomic E-state index is -1.34. The molecule has 2 aliphatic carbocycles. The van der Waals surface area contributed by atoms with E-state index in [2.05, 4.69) is 29.6 Å². The molecule has 2 amide bonds. The summed E-state index contributed by atoms with van der Waals surface area (Å²) in [6.45, 7) is 0.516. The number of nitrogens with zero attached hydrogens (tertiary/aromatic N) is 1. The fourth-order valence-corrected chi connectivity index (χ4v) is 5.65. The molecule has 1 atom stereocenters. The molecule has 1 aliphatic heterocycles. The predicted molar refractivity (Wildman–Crippen MR) is 128 cm³/mol. The highest BCUT2D eigenvalue weighted by molar-refractivity contribution is 5.89. The molecule has 35 heavy (non-hydrogen) atoms. The first kappa shape index (κ1) is 23.4. The Bertz CT molecular complexity index is 1110. The molecule has 0 radical (unpaired) electrons. The van der Waals surface area contributed by atoms with E-state index in [1.165, 1.54) is 12.0 Å². The van der Waals surface area contributed by atoms with Gasteiger partial charge in [-0.15, -0.1) is 0 Å². The summed E-state index contributed by atoms with van der Waals surface area (Å²) in [5, 5.41) is 12.7. The van der Waals surface area contributed by atoms with Crippen molar-refractivity contribution in [2.45, 2.75) is 49.1 Å². The number of methoxy groups -OCH3 is 1. The zero-order chi connectivity index (χ0) is 24.6. The van der Waals surface area contributed by atoms with Gasteiger partial charge in [0.05, 0.1) is 18.6 Å². The number of carboxylic acids is 1. The number of carbonyl (C=O) groups is 3. The molecule has 1 heterocycles. The number of benzene rings is 2. The first-order valence-electron chi connectivity index (χ1n) is 12.1. The lowest BCUT2D eigenvalue weighted by atomic mass is 9.96. The Morgan fingerprint density at radius 1 is 1.03 bits per heavy atom. The van der Waals surface area contributed by atoms with E-state index in [-0.39, 0.29) is 31.5 Å². The van der Waals surface area contributed by atoms with Gasteiger partial charge in [-0.2, -0.15) is 0 Å². The lowest BCUT2D eigenvalue weighted by Gasteiger charge is -2.35. The second-order valence-electron chi connectivity index (χ2n) is 9.83. The zero-order valence-corrected chi connectivity index (χ0v) is 19.8. The number of rotatable bonds is 8. The van der Waals surface area contributed by atoms with Crippen LogP contribution in [0.2, 0.25) is 0 Å². The number of hydrogen-bond donors (Lipinski definition) is 2. The van der Waals surface area contributed by atoms with E-state index >= 15 is 0 Å². The summed E-state index contributed by atoms with van der Waals surface area (Å²) in [5.74, 6) is -1.38. The molecule has 1 unspecified atom stereocenters. The zero-order valence-electron chi connectivity index (χ0n) is 19.8. The van der Waals surface area contributed by atoms with E-state index in [0.717, 1.165) is 22.3 Å². The maximum absolute atomic E-state index is 13.1. The smallest absolute Gasteiger partial charge is 0.407 e. The molecule has 0 bridgehead atoms. The number of alkyl carbamates (subject to hydrolysis) is 1. The number of nitrogens with one attached hydrogen (secondary N) is 1. The van der Waals surface area contributed by atoms with Gasteiger partial charge in [0, 0.05) is 19.6 Å². The Labute approximate surface area is 204 Å². The Morgan fingerprint density at radius 2 is 1.66 bits per heavy atom. The van der Waals surface area contributed by atoms with Crippen LogP contribution in [0.15, 0.2) is 48.5 Å². The molecule has 184 valence electrons. The van der Waals surface area contributed by atoms with Crippen LogP contribution in [-0.2, 0) is 19.1 Å². The van der Waals surface area contributed by atoms with Crippen LogP contribution in [0, 0.1) is 0 Å². The van der Waals surface area contributed by atoms with E-state index in [1.807, 2.05) is 24.3 Å². The third-order valence-corrected chi connectivity index (χ3v) is 7.63. The molecule has 8 heteroatoms. The van der Waals surface area contributed by atoms with Crippen molar-refractivity contribution in [1.82, 2.24) is 10.2 Å². The number of likely N-dealkylation sites (tertiary alicyclic amines) is 1. The summed E-state index contributed by atoms with van der Waals surface area (Å²) in [4.78, 5) is 39.3. The van der Waals surface area contributed by atoms with Crippen molar-refractivity contribution >= 4 is 18.0 Å². The number of aliphatic carboxylic acids is 1. The third kappa shape index (κ3) is 4.16. The van der Waals surface area contributed by atoms with Crippen LogP contribution in [0.25, 0.3) is 11.1 Å². The quantitative estimate of drug-likeness (QED) is 0.601. The summed E-state index contributed by atoms with van der Waals surface area (Å²) in [5.41, 5.74) is 2.56. The fourth-order valence-electron chi connectivity index (χ4n) is 5.65. The Kier molecular flexibility index (Phi) is 6.01. The minimum Gasteiger partial charge on any atom is -0.479 e. The fraction of sp³-hybridized carbons (Fsp3) is 0.444. The topological polar surface area (TPSA) is 105 Å². The molecule has 1 saturated carbocycles. The molecule has 2 fully saturated rings. The molecule has 3 aliphatic rings. The predicted octanol–water partition coefficient (Wildman–Crippen LogP) is 3.54. The van der Waals surface area contributed by atoms with Crippen molar-refractivity contribution in [3.8, 4) is 11.1 Å². The van der Waals surface area contributed by atoms with E-state index < -0.39 is 23.1 Å². The van der Waals surface area contributed by atoms with Gasteiger partial charge >= 0.3 is 12.1 Å². The number of amides is 2. The van der Waals surface area contributed by atoms with Crippen molar-refractivity contribution in [2.24, 2.45) is 0 Å². The van der Waals surface area contributed by atoms with E-state index in [0.29, 0.717) is 32.2 Å². The van der Waals surface area contributed by atoms with Crippen LogP contribution in [0.4, 0.5) is 4.79 Å². The van der Waals surface area contributed by atoms with Gasteiger partial charge in [0.15, 0.2) is 5.54 Å². The molecule has 8 nitrogen and oxygen atoms in total. The highest BCUT2D eigenvalue weighted by Crippen LogP contribution is 2.45. The Morgan fingerprint density at radius 3 is 2.23 bits per heavy atom. The number of carbonyl (C=O) groups excluding carboxylic acids is 2. The van der Waals surface area contributed by atoms with Gasteiger partial charge in [-0.25, -0.2) is 9.59 Å². The summed E-state index contributed by atoms with van der Waals surface area (Å²) < 4.78 is 10.8. The standard InChI is InChI=1S/C27H30N2O6/c1-34-17-27(24(31)32)11-6-14-29(27)23(30)15-26(12-13-26)28-25(33)35-16-22-20-9-4-2-7-18(20)19-8-3-5-10-21(19)22/h2-5,7-10,22H,6,11-17H2,1H3,(H,28,33)(H,31,32). The van der Waals surface area contributed by atoms with Crippen molar-refractivity contribution in [3.05, 3.63) is 59.7 Å². The number of ether oxygens (including phenoxy) is 2. The normalized spacial score (nSPS) is 21.8. The minimum absolute atomic E-state index is 0.0419. The van der Waals surface area contributed by atoms with E-state index in [9.17, 15) is 19.5 Å². The molecule has 1 saturated heterocycles. The van der Waals surface area contributed by atoms with Gasteiger partial charge in [-0.1, -0.05) is 48.5 Å². The molecule has 2 aromatic carbocycles. The van der Waals surface area contributed by atoms with Crippen LogP contribution in [0.5, 0.6) is 0 Å². The van der Waals surface area contributed by atoms with Crippen molar-refractivity contribution in [3.63, 3.8) is 0 Å². The monoisotopic (exact) mass is 478 g/mol. The number of hydrogen-bond acceptors (Lipinski definition) is 5. The molecule has 2 aromatic rings. The maximum Gasteiger partial charge on any atom is 0.407 e. The van der Waals surface area contributed by atoms with Crippen molar-refractivity contribution in [2.75, 3.05) is 26.9 Å². The Hall–Kier alpha value is -3.39. The van der Waals surface area contributed by atoms with Gasteiger partial charge in [0.2, 0.25) is 5.91 Å². The van der Waals surface area contributed by atoms with Gasteiger partial charge in [0.1, 0.15) is 6.61 Å². The van der Waals surface area contributed by atoms with E-state index in [4.69, 9.17) is 9.47 Å². The summed E-state index contributed by atoms with van der Waals surface area (Å²) in [7, 11) is 1.44. The average molecular weight is 479 g/mol. The lowest BCUT2D eigenvalue weighted by molar-refractivity contribution is -0.160. The highest BCUT2D eigenvalue weighted by atomic mass is 16.5. The van der Waals surface area contributed by atoms with Gasteiger partial charge in [-0.3, -0.25) is 4.79 Å². The number of carboxylic acid groups (broad SMARTS) is 1. The molecule has 0 spiro atoms. The largest absolute Gasteiger partial charge is 0.479 e. The molecule has 5 rings (SSSR count). The maximum atomic E-state index is 13.1. The van der Waals surface area contributed by atoms with Crippen LogP contribution in [0.3, 0.4) is 0 Å². The molecule has 0 aromatic heterocycles. The van der Waals surface area contributed by atoms with Crippen molar-refractivity contribution in [1.29, 1.82) is 0 Å². The average Bonchev–Trinajstić information content (AvgIpc) is 3.32. The van der Waals surface area contributed by atoms with Crippen molar-refractivity contribution < 1.29 is 29.0 Å². The molecular formula is C27H30N2O6. The second kappa shape index (κ2) is 9.00. The highest BCUT2D eigenvalue weighted by Gasteiger charge is 2.53. The Balaban J connectivity index is 1.22. The van der Waals surface area contributed by atoms with Gasteiger partial charge < -0.3 is 24.8 Å². The van der Waals surface area contributed by atoms with Crippen LogP contribution in [0.1, 0.15) is 49.1 Å². The van der Waals surface area contributed by atoms with Gasteiger partial charge in [0.25, 0.3) is 0 Å². The third-order valence-electron chi connectivity index (χ3n) is 7.63. The molecule has 2 N–H and O–H groups in total. The summed E-state index contributed by atoms with van der Waals surface area (Å²) >= 11 is 0. The lowest BCUT2D eigenvalue weighted by Crippen LogP contribution is -2.57. The SMILES string of the molecule is COCC1(C(=O)O)CCCN1C(=O)CC1(NC(=O)OCC2c3ccccc3-c3ccccc32)CC1. The van der Waals surface area contributed by atoms with E-state index in [1.54, 1.807) is 0 Å². The first-order valence-corrected chi connectivity index (χ1v) is 12.1. The molecular weight excluding hydrogens is 448 g/mol.